The molecule has 0 aliphatic heterocycles. The maximum Gasteiger partial charge on any atom is 0.518 e. The number of nitrogens with two attached hydrogens (primary N) is 1. The molecule has 0 bridgehead atoms. The zero-order valence-electron chi connectivity index (χ0n) is 11.8. The van der Waals surface area contributed by atoms with Crippen molar-refractivity contribution in [3.05, 3.63) is 11.1 Å². The first-order chi connectivity index (χ1) is 10.0. The Bertz CT molecular complexity index is 626. The van der Waals surface area contributed by atoms with Crippen LogP contribution in [0.25, 0.3) is 0 Å². The highest BCUT2D eigenvalue weighted by molar-refractivity contribution is 7.98. The molecule has 12 heteroatoms. The number of alkyl halides is 3. The van der Waals surface area contributed by atoms with E-state index in [4.69, 9.17) is 5.73 Å². The van der Waals surface area contributed by atoms with E-state index in [1.54, 1.807) is 0 Å². The number of nitrogens with zero attached hydrogens (tertiary/aromatic N) is 3. The minimum Gasteiger partial charge on any atom is -0.386 e. The molecule has 22 heavy (non-hydrogen) atoms. The average molecular weight is 376 g/mol. The standard InChI is InChI=1S/C10H15F3N4O2S3/c1-17(2)9-15-7(6-21-9)5-20-4-3-8(14)16-22(18,19)10(11,12)13/h6H,3-5H2,1-2H3,(H2,14,16). The molecule has 0 fully saturated rings. The second-order valence-corrected chi connectivity index (χ2v) is 7.86. The fraction of sp³-hybridized carbons (Fsp3) is 0.600. The van der Waals surface area contributed by atoms with Crippen molar-refractivity contribution in [1.29, 1.82) is 0 Å². The van der Waals surface area contributed by atoms with Gasteiger partial charge in [0.15, 0.2) is 5.13 Å². The topological polar surface area (TPSA) is 88.7 Å². The summed E-state index contributed by atoms with van der Waals surface area (Å²) in [5, 5.41) is 2.74. The van der Waals surface area contributed by atoms with Crippen molar-refractivity contribution in [2.24, 2.45) is 10.1 Å². The van der Waals surface area contributed by atoms with E-state index >= 15 is 0 Å². The fourth-order valence-corrected chi connectivity index (χ4v) is 3.40. The van der Waals surface area contributed by atoms with Gasteiger partial charge in [0, 0.05) is 37.4 Å². The third kappa shape index (κ3) is 5.65. The Morgan fingerprint density at radius 3 is 2.64 bits per heavy atom. The zero-order chi connectivity index (χ0) is 17.0. The molecule has 6 nitrogen and oxygen atoms in total. The first-order valence-electron chi connectivity index (χ1n) is 5.88. The number of thioether (sulfide) groups is 1. The Morgan fingerprint density at radius 1 is 1.50 bits per heavy atom. The second-order valence-electron chi connectivity index (χ2n) is 4.32. The van der Waals surface area contributed by atoms with Crippen molar-refractivity contribution in [3.63, 3.8) is 0 Å². The highest BCUT2D eigenvalue weighted by Crippen LogP contribution is 2.25. The molecule has 0 saturated carbocycles. The lowest BCUT2D eigenvalue weighted by Crippen LogP contribution is -2.25. The molecule has 0 saturated heterocycles. The average Bonchev–Trinajstić information content (AvgIpc) is 2.81. The number of aromatic nitrogens is 1. The maximum atomic E-state index is 12.1. The monoisotopic (exact) mass is 376 g/mol. The molecule has 1 aromatic rings. The molecular formula is C10H15F3N4O2S3. The van der Waals surface area contributed by atoms with Gasteiger partial charge in [-0.05, 0) is 0 Å². The number of halogens is 3. The Labute approximate surface area is 134 Å². The minimum atomic E-state index is -5.55. The maximum absolute atomic E-state index is 12.1. The Hall–Kier alpha value is -1.01. The van der Waals surface area contributed by atoms with Gasteiger partial charge in [0.2, 0.25) is 0 Å². The summed E-state index contributed by atoms with van der Waals surface area (Å²) in [6.07, 6.45) is -0.0509. The van der Waals surface area contributed by atoms with E-state index in [9.17, 15) is 21.6 Å². The summed E-state index contributed by atoms with van der Waals surface area (Å²) in [6.45, 7) is 0. The van der Waals surface area contributed by atoms with E-state index in [0.29, 0.717) is 11.5 Å². The number of thiazole rings is 1. The number of amidine groups is 1. The third-order valence-electron chi connectivity index (χ3n) is 2.20. The van der Waals surface area contributed by atoms with Crippen LogP contribution in [0, 0.1) is 0 Å². The predicted octanol–water partition coefficient (Wildman–Crippen LogP) is 2.04. The highest BCUT2D eigenvalue weighted by atomic mass is 32.2. The number of rotatable bonds is 7. The second kappa shape index (κ2) is 7.51. The molecule has 0 aliphatic carbocycles. The van der Waals surface area contributed by atoms with Gasteiger partial charge < -0.3 is 10.6 Å². The van der Waals surface area contributed by atoms with Gasteiger partial charge >= 0.3 is 15.5 Å². The van der Waals surface area contributed by atoms with Crippen LogP contribution in [0.5, 0.6) is 0 Å². The fourth-order valence-electron chi connectivity index (χ4n) is 1.17. The molecule has 0 aliphatic rings. The molecular weight excluding hydrogens is 361 g/mol. The largest absolute Gasteiger partial charge is 0.518 e. The van der Waals surface area contributed by atoms with Crippen LogP contribution in [0.1, 0.15) is 12.1 Å². The van der Waals surface area contributed by atoms with Gasteiger partial charge in [-0.3, -0.25) is 0 Å². The van der Waals surface area contributed by atoms with Gasteiger partial charge in [0.05, 0.1) is 5.69 Å². The van der Waals surface area contributed by atoms with E-state index in [-0.39, 0.29) is 6.42 Å². The highest BCUT2D eigenvalue weighted by Gasteiger charge is 2.46. The van der Waals surface area contributed by atoms with Gasteiger partial charge in [-0.1, -0.05) is 0 Å². The van der Waals surface area contributed by atoms with E-state index < -0.39 is 21.4 Å². The van der Waals surface area contributed by atoms with Crippen LogP contribution >= 0.6 is 23.1 Å². The van der Waals surface area contributed by atoms with Gasteiger partial charge in [-0.25, -0.2) is 4.98 Å². The summed E-state index contributed by atoms with van der Waals surface area (Å²) >= 11 is 2.86. The molecule has 126 valence electrons. The lowest BCUT2D eigenvalue weighted by Gasteiger charge is -2.06. The number of hydrogen-bond acceptors (Lipinski definition) is 6. The Kier molecular flexibility index (Phi) is 6.50. The molecule has 1 heterocycles. The van der Waals surface area contributed by atoms with Crippen molar-refractivity contribution in [2.45, 2.75) is 17.7 Å². The van der Waals surface area contributed by atoms with Crippen LogP contribution < -0.4 is 10.6 Å². The van der Waals surface area contributed by atoms with E-state index in [0.717, 1.165) is 10.8 Å². The van der Waals surface area contributed by atoms with Crippen molar-refractivity contribution in [1.82, 2.24) is 4.98 Å². The first kappa shape index (κ1) is 19.0. The molecule has 0 aromatic carbocycles. The summed E-state index contributed by atoms with van der Waals surface area (Å²) < 4.78 is 60.4. The number of hydrogen-bond donors (Lipinski definition) is 1. The van der Waals surface area contributed by atoms with Crippen LogP contribution in [0.3, 0.4) is 0 Å². The lowest BCUT2D eigenvalue weighted by atomic mass is 10.5. The third-order valence-corrected chi connectivity index (χ3v) is 5.31. The molecule has 1 aromatic heterocycles. The lowest BCUT2D eigenvalue weighted by molar-refractivity contribution is -0.0435. The molecule has 0 amide bonds. The molecule has 2 N–H and O–H groups in total. The normalized spacial score (nSPS) is 13.4. The molecule has 0 unspecified atom stereocenters. The van der Waals surface area contributed by atoms with Crippen molar-refractivity contribution in [2.75, 3.05) is 24.7 Å². The summed E-state index contributed by atoms with van der Waals surface area (Å²) in [5.41, 5.74) is 0.639. The van der Waals surface area contributed by atoms with Crippen LogP contribution in [0.2, 0.25) is 0 Å². The minimum absolute atomic E-state index is 0.0509. The van der Waals surface area contributed by atoms with Crippen LogP contribution in [0.15, 0.2) is 9.78 Å². The summed E-state index contributed by atoms with van der Waals surface area (Å²) in [7, 11) is -1.82. The SMILES string of the molecule is CN(C)c1nc(CSCCC(N)=NS(=O)(=O)C(F)(F)F)cs1. The first-order valence-corrected chi connectivity index (χ1v) is 9.35. The van der Waals surface area contributed by atoms with Crippen molar-refractivity contribution in [3.8, 4) is 0 Å². The van der Waals surface area contributed by atoms with Crippen molar-refractivity contribution >= 4 is 44.1 Å². The van der Waals surface area contributed by atoms with Gasteiger partial charge in [0.1, 0.15) is 5.84 Å². The van der Waals surface area contributed by atoms with E-state index in [1.165, 1.54) is 23.1 Å². The van der Waals surface area contributed by atoms with Crippen LogP contribution in [0.4, 0.5) is 18.3 Å². The summed E-state index contributed by atoms with van der Waals surface area (Å²) in [4.78, 5) is 6.20. The van der Waals surface area contributed by atoms with E-state index in [1.807, 2.05) is 24.4 Å². The number of sulfonamides is 1. The van der Waals surface area contributed by atoms with Gasteiger partial charge in [0.25, 0.3) is 0 Å². The van der Waals surface area contributed by atoms with Crippen LogP contribution in [-0.4, -0.2) is 44.6 Å². The summed E-state index contributed by atoms with van der Waals surface area (Å²) in [6, 6.07) is 0. The Morgan fingerprint density at radius 2 is 2.14 bits per heavy atom. The Balaban J connectivity index is 2.44. The predicted molar refractivity (Wildman–Crippen MR) is 83.8 cm³/mol. The summed E-state index contributed by atoms with van der Waals surface area (Å²) in [5.74, 6) is 0.346. The molecule has 0 atom stereocenters. The van der Waals surface area contributed by atoms with Crippen molar-refractivity contribution < 1.29 is 21.6 Å². The number of anilines is 1. The quantitative estimate of drug-likeness (QED) is 0.445. The van der Waals surface area contributed by atoms with Gasteiger partial charge in [-0.2, -0.15) is 33.4 Å². The van der Waals surface area contributed by atoms with E-state index in [2.05, 4.69) is 9.38 Å². The molecule has 0 radical (unpaired) electrons. The van der Waals surface area contributed by atoms with Gasteiger partial charge in [-0.15, -0.1) is 15.7 Å². The molecule has 0 spiro atoms. The molecule has 1 rings (SSSR count). The van der Waals surface area contributed by atoms with Crippen LogP contribution in [-0.2, 0) is 15.8 Å². The smallest absolute Gasteiger partial charge is 0.386 e. The zero-order valence-corrected chi connectivity index (χ0v) is 14.2.